The van der Waals surface area contributed by atoms with E-state index >= 15 is 0 Å². The van der Waals surface area contributed by atoms with Crippen molar-refractivity contribution in [2.75, 3.05) is 13.7 Å². The van der Waals surface area contributed by atoms with Gasteiger partial charge in [0.15, 0.2) is 4.77 Å². The fourth-order valence-corrected chi connectivity index (χ4v) is 2.69. The van der Waals surface area contributed by atoms with E-state index in [2.05, 4.69) is 25.9 Å². The Hall–Kier alpha value is -1.79. The van der Waals surface area contributed by atoms with Crippen LogP contribution in [0.4, 0.5) is 0 Å². The van der Waals surface area contributed by atoms with Crippen molar-refractivity contribution in [3.63, 3.8) is 0 Å². The monoisotopic (exact) mass is 288 g/mol. The molecule has 0 unspecified atom stereocenters. The van der Waals surface area contributed by atoms with E-state index in [1.54, 1.807) is 13.3 Å². The quantitative estimate of drug-likeness (QED) is 0.877. The molecule has 3 rings (SSSR count). The Bertz CT molecular complexity index is 670. The smallest absolute Gasteiger partial charge is 0.217 e. The molecular weight excluding hydrogens is 272 g/mol. The molecule has 0 bridgehead atoms. The normalized spacial score (nSPS) is 14.8. The van der Waals surface area contributed by atoms with Gasteiger partial charge < -0.3 is 9.72 Å². The number of aromatic nitrogens is 3. The maximum absolute atomic E-state index is 5.30. The zero-order valence-electron chi connectivity index (χ0n) is 11.3. The van der Waals surface area contributed by atoms with E-state index in [1.165, 1.54) is 11.3 Å². The van der Waals surface area contributed by atoms with Gasteiger partial charge in [0.1, 0.15) is 0 Å². The summed E-state index contributed by atoms with van der Waals surface area (Å²) in [5, 5.41) is 0. The first-order chi connectivity index (χ1) is 9.76. The summed E-state index contributed by atoms with van der Waals surface area (Å²) in [6.07, 6.45) is 4.59. The molecule has 104 valence electrons. The van der Waals surface area contributed by atoms with Crippen molar-refractivity contribution in [2.45, 2.75) is 19.5 Å². The van der Waals surface area contributed by atoms with Gasteiger partial charge in [-0.05, 0) is 18.3 Å². The molecule has 0 aliphatic carbocycles. The van der Waals surface area contributed by atoms with Crippen LogP contribution in [0.5, 0.6) is 5.88 Å². The first-order valence-corrected chi connectivity index (χ1v) is 6.94. The van der Waals surface area contributed by atoms with Crippen LogP contribution in [0.3, 0.4) is 0 Å². The van der Waals surface area contributed by atoms with Crippen LogP contribution < -0.4 is 4.74 Å². The minimum Gasteiger partial charge on any atom is -0.481 e. The van der Waals surface area contributed by atoms with Crippen molar-refractivity contribution in [3.05, 3.63) is 46.1 Å². The summed E-state index contributed by atoms with van der Waals surface area (Å²) in [7, 11) is 1.65. The van der Waals surface area contributed by atoms with Crippen molar-refractivity contribution in [2.24, 2.45) is 0 Å². The van der Waals surface area contributed by atoms with Crippen LogP contribution in [-0.4, -0.2) is 33.5 Å². The molecule has 0 saturated heterocycles. The molecule has 5 nitrogen and oxygen atoms in total. The van der Waals surface area contributed by atoms with Gasteiger partial charge in [0.05, 0.1) is 7.11 Å². The Balaban J connectivity index is 1.77. The van der Waals surface area contributed by atoms with E-state index in [9.17, 15) is 0 Å². The van der Waals surface area contributed by atoms with Gasteiger partial charge in [-0.2, -0.15) is 0 Å². The topological polar surface area (TPSA) is 54.0 Å². The standard InChI is InChI=1S/C14H16N4OS/c1-19-13-10(3-2-5-15-13)8-18-6-4-12-11(9-18)7-16-14(20)17-12/h2-3,5,7H,4,6,8-9H2,1H3,(H,16,17,20). The fraction of sp³-hybridized carbons (Fsp3) is 0.357. The largest absolute Gasteiger partial charge is 0.481 e. The summed E-state index contributed by atoms with van der Waals surface area (Å²) in [4.78, 5) is 13.9. The number of H-pyrrole nitrogens is 1. The highest BCUT2D eigenvalue weighted by Gasteiger charge is 2.18. The van der Waals surface area contributed by atoms with Crippen LogP contribution in [0.25, 0.3) is 0 Å². The van der Waals surface area contributed by atoms with Crippen LogP contribution in [-0.2, 0) is 19.5 Å². The number of hydrogen-bond acceptors (Lipinski definition) is 5. The lowest BCUT2D eigenvalue weighted by Gasteiger charge is -2.28. The fourth-order valence-electron chi connectivity index (χ4n) is 2.51. The van der Waals surface area contributed by atoms with Gasteiger partial charge in [-0.25, -0.2) is 9.97 Å². The van der Waals surface area contributed by atoms with Crippen molar-refractivity contribution in [1.82, 2.24) is 19.9 Å². The highest BCUT2D eigenvalue weighted by Crippen LogP contribution is 2.21. The van der Waals surface area contributed by atoms with Gasteiger partial charge in [0, 0.05) is 55.3 Å². The molecule has 0 fully saturated rings. The maximum Gasteiger partial charge on any atom is 0.217 e. The Kier molecular flexibility index (Phi) is 3.75. The summed E-state index contributed by atoms with van der Waals surface area (Å²) in [5.41, 5.74) is 3.53. The molecule has 1 N–H and O–H groups in total. The van der Waals surface area contributed by atoms with E-state index in [0.29, 0.717) is 10.7 Å². The second kappa shape index (κ2) is 5.68. The molecule has 0 saturated carbocycles. The number of nitrogens with one attached hydrogen (secondary N) is 1. The Morgan fingerprint density at radius 3 is 3.20 bits per heavy atom. The average Bonchev–Trinajstić information content (AvgIpc) is 2.48. The first-order valence-electron chi connectivity index (χ1n) is 6.53. The highest BCUT2D eigenvalue weighted by atomic mass is 32.1. The SMILES string of the molecule is COc1ncccc1CN1CCc2[nH]c(=S)ncc2C1. The Morgan fingerprint density at radius 1 is 1.45 bits per heavy atom. The highest BCUT2D eigenvalue weighted by molar-refractivity contribution is 7.71. The summed E-state index contributed by atoms with van der Waals surface area (Å²) in [6, 6.07) is 3.99. The molecule has 20 heavy (non-hydrogen) atoms. The van der Waals surface area contributed by atoms with Gasteiger partial charge in [0.25, 0.3) is 0 Å². The third-order valence-corrected chi connectivity index (χ3v) is 3.70. The van der Waals surface area contributed by atoms with Gasteiger partial charge in [0.2, 0.25) is 5.88 Å². The van der Waals surface area contributed by atoms with Crippen molar-refractivity contribution < 1.29 is 4.74 Å². The first kappa shape index (κ1) is 13.2. The van der Waals surface area contributed by atoms with Crippen LogP contribution in [0, 0.1) is 4.77 Å². The second-order valence-corrected chi connectivity index (χ2v) is 5.21. The minimum absolute atomic E-state index is 0.561. The molecule has 2 aromatic heterocycles. The molecule has 0 spiro atoms. The van der Waals surface area contributed by atoms with Crippen LogP contribution in [0.2, 0.25) is 0 Å². The molecule has 3 heterocycles. The second-order valence-electron chi connectivity index (χ2n) is 4.82. The molecule has 1 aliphatic heterocycles. The van der Waals surface area contributed by atoms with Gasteiger partial charge >= 0.3 is 0 Å². The average molecular weight is 288 g/mol. The maximum atomic E-state index is 5.30. The van der Waals surface area contributed by atoms with Crippen LogP contribution >= 0.6 is 12.2 Å². The van der Waals surface area contributed by atoms with Crippen molar-refractivity contribution in [1.29, 1.82) is 0 Å². The zero-order valence-corrected chi connectivity index (χ0v) is 12.1. The third kappa shape index (κ3) is 2.71. The third-order valence-electron chi connectivity index (χ3n) is 3.49. The molecule has 0 aromatic carbocycles. The molecule has 1 aliphatic rings. The van der Waals surface area contributed by atoms with Crippen LogP contribution in [0.15, 0.2) is 24.5 Å². The number of nitrogens with zero attached hydrogens (tertiary/aromatic N) is 3. The van der Waals surface area contributed by atoms with E-state index in [0.717, 1.165) is 31.6 Å². The zero-order chi connectivity index (χ0) is 13.9. The summed E-state index contributed by atoms with van der Waals surface area (Å²) in [5.74, 6) is 0.698. The van der Waals surface area contributed by atoms with Crippen molar-refractivity contribution in [3.8, 4) is 5.88 Å². The number of fused-ring (bicyclic) bond motifs is 1. The molecular formula is C14H16N4OS. The summed E-state index contributed by atoms with van der Waals surface area (Å²) in [6.45, 7) is 2.68. The number of ether oxygens (including phenoxy) is 1. The number of pyridine rings is 1. The van der Waals surface area contributed by atoms with Gasteiger partial charge in [-0.1, -0.05) is 6.07 Å². The molecule has 0 radical (unpaired) electrons. The van der Waals surface area contributed by atoms with Crippen LogP contribution in [0.1, 0.15) is 16.8 Å². The minimum atomic E-state index is 0.561. The number of aromatic amines is 1. The molecule has 6 heteroatoms. The Morgan fingerprint density at radius 2 is 2.35 bits per heavy atom. The predicted octanol–water partition coefficient (Wildman–Crippen LogP) is 2.10. The van der Waals surface area contributed by atoms with Gasteiger partial charge in [-0.3, -0.25) is 4.90 Å². The lowest BCUT2D eigenvalue weighted by atomic mass is 10.1. The van der Waals surface area contributed by atoms with E-state index in [1.807, 2.05) is 12.3 Å². The van der Waals surface area contributed by atoms with E-state index < -0.39 is 0 Å². The lowest BCUT2D eigenvalue weighted by Crippen LogP contribution is -2.31. The lowest BCUT2D eigenvalue weighted by molar-refractivity contribution is 0.238. The Labute approximate surface area is 122 Å². The molecule has 0 atom stereocenters. The number of methoxy groups -OCH3 is 1. The van der Waals surface area contributed by atoms with Gasteiger partial charge in [-0.15, -0.1) is 0 Å². The summed E-state index contributed by atoms with van der Waals surface area (Å²) < 4.78 is 5.86. The number of hydrogen-bond donors (Lipinski definition) is 1. The van der Waals surface area contributed by atoms with E-state index in [-0.39, 0.29) is 0 Å². The number of rotatable bonds is 3. The molecule has 2 aromatic rings. The van der Waals surface area contributed by atoms with E-state index in [4.69, 9.17) is 17.0 Å². The summed E-state index contributed by atoms with van der Waals surface area (Å²) >= 11 is 5.06. The predicted molar refractivity (Wildman–Crippen MR) is 78.0 cm³/mol. The molecule has 0 amide bonds. The van der Waals surface area contributed by atoms with Crippen molar-refractivity contribution >= 4 is 12.2 Å².